The van der Waals surface area contributed by atoms with Crippen LogP contribution in [0.3, 0.4) is 0 Å². The van der Waals surface area contributed by atoms with Crippen molar-refractivity contribution in [1.29, 1.82) is 0 Å². The summed E-state index contributed by atoms with van der Waals surface area (Å²) in [5.41, 5.74) is 2.37. The fourth-order valence-electron chi connectivity index (χ4n) is 3.10. The Balaban J connectivity index is 2.17. The van der Waals surface area contributed by atoms with E-state index in [1.165, 1.54) is 38.5 Å². The number of imidazole rings is 1. The van der Waals surface area contributed by atoms with Crippen LogP contribution in [-0.4, -0.2) is 9.13 Å². The van der Waals surface area contributed by atoms with Crippen LogP contribution in [-0.2, 0) is 13.1 Å². The lowest BCUT2D eigenvalue weighted by Gasteiger charge is -2.03. The van der Waals surface area contributed by atoms with Crippen molar-refractivity contribution in [2.75, 3.05) is 0 Å². The molecule has 2 rings (SSSR count). The second-order valence-electron chi connectivity index (χ2n) is 6.20. The first-order valence-electron chi connectivity index (χ1n) is 8.97. The number of benzene rings is 1. The summed E-state index contributed by atoms with van der Waals surface area (Å²) in [7, 11) is 0. The molecule has 0 aliphatic rings. The molecule has 0 saturated carbocycles. The molecule has 0 aliphatic carbocycles. The number of hydrogen-bond donors (Lipinski definition) is 0. The first-order chi connectivity index (χ1) is 10.8. The molecule has 0 atom stereocenters. The third-order valence-corrected chi connectivity index (χ3v) is 4.40. The number of unbranched alkanes of at least 4 members (excludes halogenated alkanes) is 6. The molecular formula is C19H30N2O. The Kier molecular flexibility index (Phi) is 6.75. The Labute approximate surface area is 134 Å². The van der Waals surface area contributed by atoms with Gasteiger partial charge in [-0.1, -0.05) is 64.5 Å². The number of aromatic nitrogens is 2. The molecule has 0 unspecified atom stereocenters. The molecular weight excluding hydrogens is 272 g/mol. The average molecular weight is 302 g/mol. The Morgan fingerprint density at radius 2 is 1.18 bits per heavy atom. The third-order valence-electron chi connectivity index (χ3n) is 4.40. The van der Waals surface area contributed by atoms with Crippen LogP contribution in [0.5, 0.6) is 0 Å². The van der Waals surface area contributed by atoms with E-state index in [0.29, 0.717) is 0 Å². The predicted molar refractivity (Wildman–Crippen MR) is 94.5 cm³/mol. The Bertz CT molecular complexity index is 572. The molecule has 1 aromatic carbocycles. The molecule has 3 heteroatoms. The molecule has 1 heterocycles. The van der Waals surface area contributed by atoms with E-state index in [0.717, 1.165) is 37.0 Å². The van der Waals surface area contributed by atoms with Crippen LogP contribution in [0.1, 0.15) is 65.2 Å². The van der Waals surface area contributed by atoms with Gasteiger partial charge in [0.05, 0.1) is 11.0 Å². The molecule has 0 fully saturated rings. The maximum Gasteiger partial charge on any atom is 0.329 e. The summed E-state index contributed by atoms with van der Waals surface area (Å²) in [5, 5.41) is 0. The van der Waals surface area contributed by atoms with Gasteiger partial charge in [0.1, 0.15) is 0 Å². The van der Waals surface area contributed by atoms with Gasteiger partial charge in [0.2, 0.25) is 0 Å². The summed E-state index contributed by atoms with van der Waals surface area (Å²) in [5.74, 6) is 0. The van der Waals surface area contributed by atoms with Crippen LogP contribution in [0, 0.1) is 0 Å². The number of hydrogen-bond acceptors (Lipinski definition) is 1. The summed E-state index contributed by atoms with van der Waals surface area (Å²) < 4.78 is 3.95. The van der Waals surface area contributed by atoms with E-state index in [-0.39, 0.29) is 5.69 Å². The van der Waals surface area contributed by atoms with E-state index in [4.69, 9.17) is 0 Å². The molecule has 0 N–H and O–H groups in total. The van der Waals surface area contributed by atoms with Crippen LogP contribution in [0.4, 0.5) is 0 Å². The minimum atomic E-state index is 0.175. The summed E-state index contributed by atoms with van der Waals surface area (Å²) >= 11 is 0. The predicted octanol–water partition coefficient (Wildman–Crippen LogP) is 4.96. The molecule has 0 aliphatic heterocycles. The summed E-state index contributed by atoms with van der Waals surface area (Å²) in [6.07, 6.45) is 9.57. The largest absolute Gasteiger partial charge is 0.329 e. The van der Waals surface area contributed by atoms with E-state index in [1.807, 2.05) is 21.3 Å². The topological polar surface area (TPSA) is 26.9 Å². The van der Waals surface area contributed by atoms with Crippen molar-refractivity contribution in [3.63, 3.8) is 0 Å². The fourth-order valence-corrected chi connectivity index (χ4v) is 3.10. The zero-order valence-corrected chi connectivity index (χ0v) is 14.2. The van der Waals surface area contributed by atoms with Gasteiger partial charge in [-0.15, -0.1) is 0 Å². The van der Waals surface area contributed by atoms with Crippen LogP contribution in [0.15, 0.2) is 29.1 Å². The monoisotopic (exact) mass is 302 g/mol. The normalized spacial score (nSPS) is 11.4. The van der Waals surface area contributed by atoms with Crippen molar-refractivity contribution in [3.8, 4) is 0 Å². The number of aryl methyl sites for hydroxylation is 2. The van der Waals surface area contributed by atoms with Crippen molar-refractivity contribution in [3.05, 3.63) is 34.7 Å². The maximum absolute atomic E-state index is 12.7. The highest BCUT2D eigenvalue weighted by molar-refractivity contribution is 5.75. The van der Waals surface area contributed by atoms with Crippen molar-refractivity contribution in [1.82, 2.24) is 9.13 Å². The van der Waals surface area contributed by atoms with Crippen LogP contribution in [0.25, 0.3) is 11.0 Å². The highest BCUT2D eigenvalue weighted by atomic mass is 16.1. The number of para-hydroxylation sites is 2. The summed E-state index contributed by atoms with van der Waals surface area (Å²) in [6.45, 7) is 6.13. The van der Waals surface area contributed by atoms with E-state index < -0.39 is 0 Å². The zero-order chi connectivity index (χ0) is 15.8. The smallest absolute Gasteiger partial charge is 0.292 e. The van der Waals surface area contributed by atoms with Gasteiger partial charge in [0.25, 0.3) is 0 Å². The molecule has 0 spiro atoms. The lowest BCUT2D eigenvalue weighted by molar-refractivity contribution is 0.542. The Hall–Kier alpha value is -1.51. The third kappa shape index (κ3) is 4.02. The second-order valence-corrected chi connectivity index (χ2v) is 6.20. The molecule has 0 bridgehead atoms. The Morgan fingerprint density at radius 3 is 1.59 bits per heavy atom. The van der Waals surface area contributed by atoms with Crippen molar-refractivity contribution < 1.29 is 0 Å². The minimum Gasteiger partial charge on any atom is -0.292 e. The standard InChI is InChI=1S/C19H30N2O/c1-3-5-7-11-15-20-17-13-9-10-14-18(17)21(19(20)22)16-12-8-6-4-2/h9-10,13-14H,3-8,11-12,15-16H2,1-2H3. The first-order valence-corrected chi connectivity index (χ1v) is 8.97. The number of fused-ring (bicyclic) bond motifs is 1. The molecule has 0 radical (unpaired) electrons. The highest BCUT2D eigenvalue weighted by Crippen LogP contribution is 2.15. The van der Waals surface area contributed by atoms with Gasteiger partial charge >= 0.3 is 5.69 Å². The van der Waals surface area contributed by atoms with Gasteiger partial charge in [-0.3, -0.25) is 9.13 Å². The number of rotatable bonds is 10. The fraction of sp³-hybridized carbons (Fsp3) is 0.632. The van der Waals surface area contributed by atoms with Crippen molar-refractivity contribution in [2.45, 2.75) is 78.3 Å². The van der Waals surface area contributed by atoms with E-state index in [2.05, 4.69) is 26.0 Å². The zero-order valence-electron chi connectivity index (χ0n) is 14.2. The van der Waals surface area contributed by atoms with Crippen LogP contribution < -0.4 is 5.69 Å². The molecule has 22 heavy (non-hydrogen) atoms. The van der Waals surface area contributed by atoms with Crippen LogP contribution >= 0.6 is 0 Å². The van der Waals surface area contributed by atoms with Gasteiger partial charge < -0.3 is 0 Å². The van der Waals surface area contributed by atoms with Gasteiger partial charge in [-0.25, -0.2) is 4.79 Å². The average Bonchev–Trinajstić information content (AvgIpc) is 2.80. The summed E-state index contributed by atoms with van der Waals surface area (Å²) in [6, 6.07) is 8.23. The molecule has 3 nitrogen and oxygen atoms in total. The molecule has 122 valence electrons. The molecule has 0 saturated heterocycles. The highest BCUT2D eigenvalue weighted by Gasteiger charge is 2.11. The first kappa shape index (κ1) is 16.9. The van der Waals surface area contributed by atoms with Gasteiger partial charge in [0, 0.05) is 13.1 Å². The van der Waals surface area contributed by atoms with Crippen molar-refractivity contribution in [2.24, 2.45) is 0 Å². The van der Waals surface area contributed by atoms with Gasteiger partial charge in [-0.05, 0) is 25.0 Å². The number of nitrogens with zero attached hydrogens (tertiary/aromatic N) is 2. The summed E-state index contributed by atoms with van der Waals surface area (Å²) in [4.78, 5) is 12.7. The van der Waals surface area contributed by atoms with E-state index >= 15 is 0 Å². The van der Waals surface area contributed by atoms with E-state index in [1.54, 1.807) is 0 Å². The Morgan fingerprint density at radius 1 is 0.727 bits per heavy atom. The quantitative estimate of drug-likeness (QED) is 0.570. The van der Waals surface area contributed by atoms with Gasteiger partial charge in [-0.2, -0.15) is 0 Å². The minimum absolute atomic E-state index is 0.175. The van der Waals surface area contributed by atoms with Gasteiger partial charge in [0.15, 0.2) is 0 Å². The molecule has 2 aromatic rings. The molecule has 0 amide bonds. The van der Waals surface area contributed by atoms with E-state index in [9.17, 15) is 4.79 Å². The van der Waals surface area contributed by atoms with Crippen molar-refractivity contribution >= 4 is 11.0 Å². The lowest BCUT2D eigenvalue weighted by Crippen LogP contribution is -2.24. The second kappa shape index (κ2) is 8.82. The molecule has 1 aromatic heterocycles. The lowest BCUT2D eigenvalue weighted by atomic mass is 10.2. The van der Waals surface area contributed by atoms with Crippen LogP contribution in [0.2, 0.25) is 0 Å². The maximum atomic E-state index is 12.7. The SMILES string of the molecule is CCCCCCn1c(=O)n(CCCCCC)c2ccccc21.